The van der Waals surface area contributed by atoms with Gasteiger partial charge in [-0.3, -0.25) is 9.59 Å². The molecule has 1 aromatic rings. The van der Waals surface area contributed by atoms with Gasteiger partial charge in [0, 0.05) is 13.1 Å². The van der Waals surface area contributed by atoms with Crippen LogP contribution in [0.4, 0.5) is 0 Å². The van der Waals surface area contributed by atoms with Crippen LogP contribution in [-0.4, -0.2) is 46.2 Å². The van der Waals surface area contributed by atoms with Gasteiger partial charge in [0.25, 0.3) is 5.91 Å². The van der Waals surface area contributed by atoms with Gasteiger partial charge in [-0.2, -0.15) is 0 Å². The molecule has 0 saturated carbocycles. The number of aliphatic hydroxyl groups is 1. The molecule has 0 unspecified atom stereocenters. The number of aliphatic hydroxyl groups excluding tert-OH is 1. The minimum atomic E-state index is -1.34. The molecule has 0 radical (unpaired) electrons. The van der Waals surface area contributed by atoms with Gasteiger partial charge in [0.2, 0.25) is 0 Å². The number of carboxylic acid groups (broad SMARTS) is 1. The Morgan fingerprint density at radius 1 is 1.39 bits per heavy atom. The van der Waals surface area contributed by atoms with Gasteiger partial charge < -0.3 is 15.1 Å². The SMILES string of the molecule is CCC[C@@]1(C(=O)O)CN(C(=O)c2cccc(Cl)c2Cl)CC[C@H]1O. The molecule has 1 heterocycles. The molecular formula is C16H19Cl2NO4. The molecule has 23 heavy (non-hydrogen) atoms. The maximum Gasteiger partial charge on any atom is 0.314 e. The molecule has 7 heteroatoms. The van der Waals surface area contributed by atoms with Gasteiger partial charge in [-0.1, -0.05) is 42.6 Å². The number of carboxylic acids is 1. The van der Waals surface area contributed by atoms with E-state index in [9.17, 15) is 19.8 Å². The van der Waals surface area contributed by atoms with E-state index in [1.54, 1.807) is 18.2 Å². The summed E-state index contributed by atoms with van der Waals surface area (Å²) >= 11 is 12.0. The van der Waals surface area contributed by atoms with Crippen molar-refractivity contribution in [3.8, 4) is 0 Å². The smallest absolute Gasteiger partial charge is 0.314 e. The number of piperidine rings is 1. The summed E-state index contributed by atoms with van der Waals surface area (Å²) in [7, 11) is 0. The fourth-order valence-corrected chi connectivity index (χ4v) is 3.48. The number of halogens is 2. The van der Waals surface area contributed by atoms with E-state index in [2.05, 4.69) is 0 Å². The lowest BCUT2D eigenvalue weighted by Crippen LogP contribution is -2.57. The number of likely N-dealkylation sites (tertiary alicyclic amines) is 1. The monoisotopic (exact) mass is 359 g/mol. The molecule has 0 spiro atoms. The summed E-state index contributed by atoms with van der Waals surface area (Å²) in [5.74, 6) is -1.45. The van der Waals surface area contributed by atoms with Gasteiger partial charge in [-0.25, -0.2) is 0 Å². The highest BCUT2D eigenvalue weighted by atomic mass is 35.5. The molecule has 5 nitrogen and oxygen atoms in total. The molecule has 1 fully saturated rings. The van der Waals surface area contributed by atoms with Gasteiger partial charge in [-0.15, -0.1) is 0 Å². The number of carbonyl (C=O) groups is 2. The Morgan fingerprint density at radius 3 is 2.70 bits per heavy atom. The Labute approximate surface area is 144 Å². The highest BCUT2D eigenvalue weighted by Gasteiger charge is 2.49. The van der Waals surface area contributed by atoms with Crippen molar-refractivity contribution in [2.45, 2.75) is 32.3 Å². The highest BCUT2D eigenvalue weighted by Crippen LogP contribution is 2.37. The Balaban J connectivity index is 2.32. The van der Waals surface area contributed by atoms with E-state index >= 15 is 0 Å². The van der Waals surface area contributed by atoms with Gasteiger partial charge in [0.15, 0.2) is 0 Å². The lowest BCUT2D eigenvalue weighted by Gasteiger charge is -2.43. The predicted octanol–water partition coefficient (Wildman–Crippen LogP) is 3.07. The Morgan fingerprint density at radius 2 is 2.09 bits per heavy atom. The number of hydrogen-bond acceptors (Lipinski definition) is 3. The average Bonchev–Trinajstić information content (AvgIpc) is 2.51. The summed E-state index contributed by atoms with van der Waals surface area (Å²) in [6, 6.07) is 4.76. The molecule has 1 aliphatic heterocycles. The van der Waals surface area contributed by atoms with Gasteiger partial charge in [-0.05, 0) is 25.0 Å². The van der Waals surface area contributed by atoms with Crippen LogP contribution < -0.4 is 0 Å². The largest absolute Gasteiger partial charge is 0.481 e. The van der Waals surface area contributed by atoms with Crippen molar-refractivity contribution in [3.63, 3.8) is 0 Å². The second-order valence-corrected chi connectivity index (χ2v) is 6.63. The summed E-state index contributed by atoms with van der Waals surface area (Å²) in [5.41, 5.74) is -1.10. The maximum absolute atomic E-state index is 12.7. The summed E-state index contributed by atoms with van der Waals surface area (Å²) in [4.78, 5) is 25.9. The second-order valence-electron chi connectivity index (χ2n) is 5.84. The predicted molar refractivity (Wildman–Crippen MR) is 88.0 cm³/mol. The van der Waals surface area contributed by atoms with Crippen molar-refractivity contribution < 1.29 is 19.8 Å². The second kappa shape index (κ2) is 7.07. The first-order valence-corrected chi connectivity index (χ1v) is 8.24. The summed E-state index contributed by atoms with van der Waals surface area (Å²) in [6.07, 6.45) is 0.148. The van der Waals surface area contributed by atoms with Gasteiger partial charge >= 0.3 is 5.97 Å². The molecule has 1 aromatic carbocycles. The quantitative estimate of drug-likeness (QED) is 0.865. The Kier molecular flexibility index (Phi) is 5.55. The molecule has 1 amide bonds. The zero-order valence-electron chi connectivity index (χ0n) is 12.8. The molecule has 2 N–H and O–H groups in total. The van der Waals surface area contributed by atoms with Gasteiger partial charge in [0.05, 0.1) is 21.7 Å². The van der Waals surface area contributed by atoms with Crippen LogP contribution in [0.1, 0.15) is 36.5 Å². The van der Waals surface area contributed by atoms with E-state index in [0.717, 1.165) is 0 Å². The van der Waals surface area contributed by atoms with Crippen molar-refractivity contribution in [2.75, 3.05) is 13.1 Å². The Bertz CT molecular complexity index is 622. The third-order valence-corrected chi connectivity index (χ3v) is 5.19. The van der Waals surface area contributed by atoms with Crippen LogP contribution in [-0.2, 0) is 4.79 Å². The Hall–Kier alpha value is -1.30. The minimum absolute atomic E-state index is 0.0426. The van der Waals surface area contributed by atoms with Crippen LogP contribution >= 0.6 is 23.2 Å². The summed E-state index contributed by atoms with van der Waals surface area (Å²) < 4.78 is 0. The van der Waals surface area contributed by atoms with Crippen LogP contribution in [0, 0.1) is 5.41 Å². The molecule has 2 rings (SSSR count). The molecule has 126 valence electrons. The van der Waals surface area contributed by atoms with Crippen LogP contribution in [0.3, 0.4) is 0 Å². The highest BCUT2D eigenvalue weighted by molar-refractivity contribution is 6.43. The standard InChI is InChI=1S/C16H19Cl2NO4/c1-2-7-16(15(22)23)9-19(8-6-12(16)20)14(21)10-4-3-5-11(17)13(10)18/h3-5,12,20H,2,6-9H2,1H3,(H,22,23)/t12-,16-/m1/s1. The van der Waals surface area contributed by atoms with Crippen LogP contribution in [0.25, 0.3) is 0 Å². The molecule has 1 aliphatic rings. The number of amides is 1. The lowest BCUT2D eigenvalue weighted by atomic mass is 9.74. The van der Waals surface area contributed by atoms with E-state index in [4.69, 9.17) is 23.2 Å². The van der Waals surface area contributed by atoms with Crippen molar-refractivity contribution in [2.24, 2.45) is 5.41 Å². The first-order chi connectivity index (χ1) is 10.8. The number of aliphatic carboxylic acids is 1. The molecule has 1 saturated heterocycles. The molecule has 0 bridgehead atoms. The number of carbonyl (C=O) groups excluding carboxylic acids is 1. The maximum atomic E-state index is 12.7. The molecule has 0 aromatic heterocycles. The van der Waals surface area contributed by atoms with E-state index in [-0.39, 0.29) is 41.0 Å². The van der Waals surface area contributed by atoms with E-state index in [0.29, 0.717) is 12.8 Å². The van der Waals surface area contributed by atoms with Crippen molar-refractivity contribution >= 4 is 35.1 Å². The van der Waals surface area contributed by atoms with Crippen LogP contribution in [0.2, 0.25) is 10.0 Å². The molecule has 0 aliphatic carbocycles. The number of rotatable bonds is 4. The topological polar surface area (TPSA) is 77.8 Å². The normalized spacial score (nSPS) is 24.5. The summed E-state index contributed by atoms with van der Waals surface area (Å²) in [5, 5.41) is 20.3. The molecular weight excluding hydrogens is 341 g/mol. The number of benzene rings is 1. The third kappa shape index (κ3) is 3.32. The number of nitrogens with zero attached hydrogens (tertiary/aromatic N) is 1. The lowest BCUT2D eigenvalue weighted by molar-refractivity contribution is -0.162. The van der Waals surface area contributed by atoms with E-state index in [1.807, 2.05) is 6.92 Å². The van der Waals surface area contributed by atoms with Crippen molar-refractivity contribution in [1.82, 2.24) is 4.90 Å². The first-order valence-electron chi connectivity index (χ1n) is 7.48. The van der Waals surface area contributed by atoms with Crippen LogP contribution in [0.5, 0.6) is 0 Å². The molecule has 2 atom stereocenters. The van der Waals surface area contributed by atoms with Gasteiger partial charge in [0.1, 0.15) is 5.41 Å². The zero-order valence-corrected chi connectivity index (χ0v) is 14.3. The fraction of sp³-hybridized carbons (Fsp3) is 0.500. The van der Waals surface area contributed by atoms with Crippen molar-refractivity contribution in [3.05, 3.63) is 33.8 Å². The summed E-state index contributed by atoms with van der Waals surface area (Å²) in [6.45, 7) is 2.09. The average molecular weight is 360 g/mol. The number of hydrogen-bond donors (Lipinski definition) is 2. The first kappa shape index (κ1) is 18.0. The zero-order chi connectivity index (χ0) is 17.2. The van der Waals surface area contributed by atoms with E-state index in [1.165, 1.54) is 4.90 Å². The fourth-order valence-electron chi connectivity index (χ4n) is 3.10. The van der Waals surface area contributed by atoms with Crippen molar-refractivity contribution in [1.29, 1.82) is 0 Å². The minimum Gasteiger partial charge on any atom is -0.481 e. The third-order valence-electron chi connectivity index (χ3n) is 4.37. The van der Waals surface area contributed by atoms with E-state index < -0.39 is 17.5 Å². The van der Waals surface area contributed by atoms with Crippen LogP contribution in [0.15, 0.2) is 18.2 Å².